The number of amides is 2. The maximum absolute atomic E-state index is 14.4. The van der Waals surface area contributed by atoms with Crippen molar-refractivity contribution < 1.29 is 24.2 Å². The van der Waals surface area contributed by atoms with Crippen molar-refractivity contribution in [2.45, 2.75) is 57.7 Å². The molecule has 2 amide bonds. The van der Waals surface area contributed by atoms with Crippen LogP contribution in [0.3, 0.4) is 0 Å². The molecule has 2 N–H and O–H groups in total. The van der Waals surface area contributed by atoms with Gasteiger partial charge < -0.3 is 24.8 Å². The highest BCUT2D eigenvalue weighted by Gasteiger charge is 2.46. The SMILES string of the molecule is Cc1cc(Cl)c(OCCOc2ccc(C3=C(C(=O)N(CCc4ccccc4)C4CC4)[C@H]4CNC[C@@H](C3)N4C(=O)O)cc2)cc1C. The van der Waals surface area contributed by atoms with E-state index in [0.29, 0.717) is 61.4 Å². The van der Waals surface area contributed by atoms with Gasteiger partial charge in [-0.2, -0.15) is 0 Å². The van der Waals surface area contributed by atoms with E-state index in [1.807, 2.05) is 73.3 Å². The fraction of sp³-hybridized carbons (Fsp3) is 0.389. The van der Waals surface area contributed by atoms with Gasteiger partial charge in [-0.15, -0.1) is 0 Å². The van der Waals surface area contributed by atoms with Crippen molar-refractivity contribution in [2.24, 2.45) is 0 Å². The highest BCUT2D eigenvalue weighted by molar-refractivity contribution is 6.32. The van der Waals surface area contributed by atoms with Gasteiger partial charge in [-0.1, -0.05) is 54.1 Å². The monoisotopic (exact) mass is 629 g/mol. The number of carbonyl (C=O) groups excluding carboxylic acids is 1. The molecule has 3 aliphatic rings. The van der Waals surface area contributed by atoms with Crippen molar-refractivity contribution in [3.63, 3.8) is 0 Å². The van der Waals surface area contributed by atoms with E-state index in [4.69, 9.17) is 21.1 Å². The van der Waals surface area contributed by atoms with E-state index in [1.54, 1.807) is 0 Å². The van der Waals surface area contributed by atoms with Gasteiger partial charge in [-0.25, -0.2) is 4.79 Å². The van der Waals surface area contributed by atoms with Gasteiger partial charge in [0.15, 0.2) is 0 Å². The summed E-state index contributed by atoms with van der Waals surface area (Å²) >= 11 is 6.33. The molecule has 3 aromatic carbocycles. The van der Waals surface area contributed by atoms with E-state index in [0.717, 1.165) is 41.5 Å². The average molecular weight is 630 g/mol. The van der Waals surface area contributed by atoms with E-state index < -0.39 is 12.1 Å². The van der Waals surface area contributed by atoms with Crippen molar-refractivity contribution in [3.05, 3.63) is 99.6 Å². The summed E-state index contributed by atoms with van der Waals surface area (Å²) in [5, 5.41) is 14.1. The molecule has 2 fully saturated rings. The molecule has 45 heavy (non-hydrogen) atoms. The van der Waals surface area contributed by atoms with Crippen molar-refractivity contribution in [1.29, 1.82) is 0 Å². The predicted octanol–water partition coefficient (Wildman–Crippen LogP) is 6.13. The Balaban J connectivity index is 1.21. The van der Waals surface area contributed by atoms with Gasteiger partial charge in [0.2, 0.25) is 0 Å². The highest BCUT2D eigenvalue weighted by Crippen LogP contribution is 2.40. The van der Waals surface area contributed by atoms with Crippen LogP contribution in [0, 0.1) is 13.8 Å². The van der Waals surface area contributed by atoms with Crippen LogP contribution in [-0.4, -0.2) is 77.9 Å². The lowest BCUT2D eigenvalue weighted by atomic mass is 9.82. The van der Waals surface area contributed by atoms with Crippen molar-refractivity contribution in [2.75, 3.05) is 32.8 Å². The molecule has 2 aliphatic heterocycles. The summed E-state index contributed by atoms with van der Waals surface area (Å²) in [6.07, 6.45) is 2.20. The lowest BCUT2D eigenvalue weighted by Crippen LogP contribution is -2.63. The number of benzene rings is 3. The number of piperazine rings is 1. The molecule has 2 atom stereocenters. The first-order valence-corrected chi connectivity index (χ1v) is 16.1. The number of rotatable bonds is 11. The van der Waals surface area contributed by atoms with Crippen LogP contribution in [0.4, 0.5) is 4.79 Å². The van der Waals surface area contributed by atoms with Crippen molar-refractivity contribution >= 4 is 29.2 Å². The van der Waals surface area contributed by atoms with Gasteiger partial charge in [0, 0.05) is 31.2 Å². The maximum atomic E-state index is 14.4. The number of fused-ring (bicyclic) bond motifs is 2. The van der Waals surface area contributed by atoms with E-state index in [9.17, 15) is 14.7 Å². The van der Waals surface area contributed by atoms with Crippen LogP contribution in [0.15, 0.2) is 72.3 Å². The predicted molar refractivity (Wildman–Crippen MR) is 175 cm³/mol. The topological polar surface area (TPSA) is 91.3 Å². The summed E-state index contributed by atoms with van der Waals surface area (Å²) in [5.41, 5.74) is 5.85. The van der Waals surface area contributed by atoms with Gasteiger partial charge in [-0.3, -0.25) is 9.69 Å². The van der Waals surface area contributed by atoms with Crippen molar-refractivity contribution in [3.8, 4) is 11.5 Å². The maximum Gasteiger partial charge on any atom is 0.408 e. The average Bonchev–Trinajstić information content (AvgIpc) is 3.87. The molecule has 8 nitrogen and oxygen atoms in total. The second-order valence-electron chi connectivity index (χ2n) is 12.2. The number of carboxylic acid groups (broad SMARTS) is 1. The summed E-state index contributed by atoms with van der Waals surface area (Å²) in [5.74, 6) is 1.28. The largest absolute Gasteiger partial charge is 0.490 e. The number of hydrogen-bond acceptors (Lipinski definition) is 5. The Morgan fingerprint density at radius 1 is 0.978 bits per heavy atom. The fourth-order valence-corrected chi connectivity index (χ4v) is 6.72. The molecular formula is C36H40ClN3O5. The third-order valence-corrected chi connectivity index (χ3v) is 9.38. The van der Waals surface area contributed by atoms with Crippen LogP contribution in [-0.2, 0) is 11.2 Å². The third-order valence-electron chi connectivity index (χ3n) is 9.09. The number of carbonyl (C=O) groups is 2. The quantitative estimate of drug-likeness (QED) is 0.248. The minimum absolute atomic E-state index is 0.0516. The number of halogens is 1. The van der Waals surface area contributed by atoms with E-state index in [1.165, 1.54) is 10.5 Å². The molecule has 2 heterocycles. The van der Waals surface area contributed by atoms with Gasteiger partial charge >= 0.3 is 6.09 Å². The van der Waals surface area contributed by atoms with Gasteiger partial charge in [0.1, 0.15) is 24.7 Å². The second kappa shape index (κ2) is 13.5. The molecule has 3 aromatic rings. The summed E-state index contributed by atoms with van der Waals surface area (Å²) in [7, 11) is 0. The molecule has 0 spiro atoms. The van der Waals surface area contributed by atoms with Crippen molar-refractivity contribution in [1.82, 2.24) is 15.1 Å². The van der Waals surface area contributed by atoms with Crippen LogP contribution in [0.2, 0.25) is 5.02 Å². The van der Waals surface area contributed by atoms with Gasteiger partial charge in [0.25, 0.3) is 5.91 Å². The number of nitrogens with one attached hydrogen (secondary N) is 1. The Bertz CT molecular complexity index is 1570. The number of hydrogen-bond donors (Lipinski definition) is 2. The molecule has 1 saturated heterocycles. The first-order valence-electron chi connectivity index (χ1n) is 15.7. The Hall–Kier alpha value is -4.01. The molecule has 0 unspecified atom stereocenters. The summed E-state index contributed by atoms with van der Waals surface area (Å²) in [6, 6.07) is 21.2. The molecule has 0 aromatic heterocycles. The molecule has 2 bridgehead atoms. The van der Waals surface area contributed by atoms with E-state index in [-0.39, 0.29) is 18.0 Å². The van der Waals surface area contributed by atoms with E-state index in [2.05, 4.69) is 17.4 Å². The Morgan fingerprint density at radius 3 is 2.40 bits per heavy atom. The van der Waals surface area contributed by atoms with Gasteiger partial charge in [-0.05, 0) is 91.6 Å². The van der Waals surface area contributed by atoms with Gasteiger partial charge in [0.05, 0.1) is 17.1 Å². The summed E-state index contributed by atoms with van der Waals surface area (Å²) in [4.78, 5) is 30.4. The molecule has 236 valence electrons. The Morgan fingerprint density at radius 2 is 1.69 bits per heavy atom. The molecule has 9 heteroatoms. The third kappa shape index (κ3) is 6.97. The van der Waals surface area contributed by atoms with Crippen LogP contribution >= 0.6 is 11.6 Å². The lowest BCUT2D eigenvalue weighted by molar-refractivity contribution is -0.128. The van der Waals surface area contributed by atoms with E-state index >= 15 is 0 Å². The minimum Gasteiger partial charge on any atom is -0.490 e. The summed E-state index contributed by atoms with van der Waals surface area (Å²) < 4.78 is 11.8. The highest BCUT2D eigenvalue weighted by atomic mass is 35.5. The number of aryl methyl sites for hydroxylation is 2. The van der Waals surface area contributed by atoms with Crippen LogP contribution in [0.5, 0.6) is 11.5 Å². The number of ether oxygens (including phenoxy) is 2. The second-order valence-corrected chi connectivity index (χ2v) is 12.6. The summed E-state index contributed by atoms with van der Waals surface area (Å²) in [6.45, 7) is 6.29. The zero-order valence-electron chi connectivity index (χ0n) is 25.8. The molecule has 1 aliphatic carbocycles. The fourth-order valence-electron chi connectivity index (χ4n) is 6.44. The zero-order valence-corrected chi connectivity index (χ0v) is 26.6. The number of nitrogens with zero attached hydrogens (tertiary/aromatic N) is 2. The van der Waals surface area contributed by atoms with Crippen LogP contribution in [0.1, 0.15) is 41.5 Å². The minimum atomic E-state index is -0.980. The standard InChI is InChI=1S/C36H40ClN3O5/c1-23-18-31(37)33(19-24(23)2)45-17-16-44-29-12-8-26(9-13-29)30-20-28-21-38-22-32(40(28)36(42)43)34(30)35(41)39(27-10-11-27)15-14-25-6-4-3-5-7-25/h3-9,12-13,18-19,27-28,32,38H,10-11,14-17,20-22H2,1-2H3,(H,42,43)/t28-,32-/m1/s1. The van der Waals surface area contributed by atoms with Crippen LogP contribution in [0.25, 0.3) is 5.57 Å². The first kappa shape index (κ1) is 31.0. The first-order chi connectivity index (χ1) is 21.8. The molecule has 0 radical (unpaired) electrons. The normalized spacial score (nSPS) is 19.3. The Kier molecular flexibility index (Phi) is 9.33. The zero-order chi connectivity index (χ0) is 31.5. The van der Waals surface area contributed by atoms with Crippen LogP contribution < -0.4 is 14.8 Å². The Labute approximate surface area is 269 Å². The molecule has 6 rings (SSSR count). The molecular weight excluding hydrogens is 590 g/mol. The smallest absolute Gasteiger partial charge is 0.408 e. The lowest BCUT2D eigenvalue weighted by Gasteiger charge is -2.47. The molecule has 1 saturated carbocycles.